The second-order valence-corrected chi connectivity index (χ2v) is 8.52. The van der Waals surface area contributed by atoms with Crippen LogP contribution in [0.1, 0.15) is 16.8 Å². The number of halogens is 3. The fourth-order valence-corrected chi connectivity index (χ4v) is 4.23. The maximum absolute atomic E-state index is 13.0. The molecule has 2 aromatic carbocycles. The molecule has 0 spiro atoms. The van der Waals surface area contributed by atoms with Crippen molar-refractivity contribution in [3.05, 3.63) is 88.0 Å². The molecular formula is C27H23F3N4O4. The SMILES string of the molecule is CNc1cc(COc2cc3n(c(=O)n2)CCc2cc(OC)ccc2-3)ccc1Oc1cccc(C(F)(F)F)n1. The molecule has 196 valence electrons. The molecule has 0 amide bonds. The van der Waals surface area contributed by atoms with Gasteiger partial charge >= 0.3 is 11.9 Å². The van der Waals surface area contributed by atoms with E-state index in [4.69, 9.17) is 14.2 Å². The number of nitrogens with one attached hydrogen (secondary N) is 1. The number of nitrogens with zero attached hydrogens (tertiary/aromatic N) is 3. The predicted octanol–water partition coefficient (Wildman–Crippen LogP) is 5.30. The maximum atomic E-state index is 13.0. The van der Waals surface area contributed by atoms with Crippen molar-refractivity contribution in [3.63, 3.8) is 0 Å². The number of aryl methyl sites for hydroxylation is 1. The number of ether oxygens (including phenoxy) is 3. The second-order valence-electron chi connectivity index (χ2n) is 8.52. The summed E-state index contributed by atoms with van der Waals surface area (Å²) < 4.78 is 57.3. The lowest BCUT2D eigenvalue weighted by molar-refractivity contribution is -0.141. The second kappa shape index (κ2) is 10.1. The van der Waals surface area contributed by atoms with Crippen LogP contribution >= 0.6 is 0 Å². The van der Waals surface area contributed by atoms with Gasteiger partial charge in [0.05, 0.1) is 18.5 Å². The smallest absolute Gasteiger partial charge is 0.433 e. The van der Waals surface area contributed by atoms with E-state index in [0.717, 1.165) is 34.2 Å². The molecule has 0 saturated carbocycles. The Bertz CT molecular complexity index is 1550. The largest absolute Gasteiger partial charge is 0.497 e. The number of hydrogen-bond donors (Lipinski definition) is 1. The standard InChI is InChI=1S/C27H23F3N4O4/c1-31-20-12-16(6-9-22(20)38-24-5-3-4-23(32-24)27(28,29)30)15-37-25-14-21-19-8-7-18(36-2)13-17(19)10-11-34(21)26(35)33-25/h3-9,12-14,31H,10-11,15H2,1-2H3. The van der Waals surface area contributed by atoms with Crippen molar-refractivity contribution in [3.8, 4) is 34.5 Å². The van der Waals surface area contributed by atoms with Crippen LogP contribution in [-0.4, -0.2) is 28.7 Å². The predicted molar refractivity (Wildman–Crippen MR) is 134 cm³/mol. The summed E-state index contributed by atoms with van der Waals surface area (Å²) in [5.74, 6) is 1.04. The highest BCUT2D eigenvalue weighted by molar-refractivity contribution is 5.67. The van der Waals surface area contributed by atoms with Crippen molar-refractivity contribution in [1.82, 2.24) is 14.5 Å². The highest BCUT2D eigenvalue weighted by atomic mass is 19.4. The molecule has 1 aliphatic rings. The zero-order valence-corrected chi connectivity index (χ0v) is 20.5. The van der Waals surface area contributed by atoms with Crippen molar-refractivity contribution in [2.75, 3.05) is 19.5 Å². The van der Waals surface area contributed by atoms with Crippen LogP contribution in [0, 0.1) is 0 Å². The van der Waals surface area contributed by atoms with E-state index in [-0.39, 0.29) is 18.4 Å². The lowest BCUT2D eigenvalue weighted by Gasteiger charge is -2.22. The number of aromatic nitrogens is 3. The monoisotopic (exact) mass is 524 g/mol. The number of pyridine rings is 1. The molecule has 0 aliphatic carbocycles. The zero-order chi connectivity index (χ0) is 26.9. The molecule has 0 fully saturated rings. The average molecular weight is 524 g/mol. The van der Waals surface area contributed by atoms with Gasteiger partial charge < -0.3 is 19.5 Å². The Hall–Kier alpha value is -4.54. The maximum Gasteiger partial charge on any atom is 0.433 e. The Balaban J connectivity index is 1.34. The summed E-state index contributed by atoms with van der Waals surface area (Å²) in [5, 5.41) is 2.96. The van der Waals surface area contributed by atoms with Crippen LogP contribution in [-0.2, 0) is 25.7 Å². The normalized spacial score (nSPS) is 12.3. The van der Waals surface area contributed by atoms with E-state index in [2.05, 4.69) is 15.3 Å². The molecular weight excluding hydrogens is 501 g/mol. The average Bonchev–Trinajstić information content (AvgIpc) is 2.91. The molecule has 0 saturated heterocycles. The molecule has 1 aliphatic heterocycles. The molecule has 8 nitrogen and oxygen atoms in total. The van der Waals surface area contributed by atoms with Gasteiger partial charge in [-0.05, 0) is 53.9 Å². The van der Waals surface area contributed by atoms with E-state index in [1.54, 1.807) is 43.0 Å². The molecule has 3 heterocycles. The molecule has 11 heteroatoms. The summed E-state index contributed by atoms with van der Waals surface area (Å²) >= 11 is 0. The minimum atomic E-state index is -4.57. The Morgan fingerprint density at radius 1 is 1.03 bits per heavy atom. The van der Waals surface area contributed by atoms with Gasteiger partial charge in [-0.1, -0.05) is 12.1 Å². The van der Waals surface area contributed by atoms with Crippen LogP contribution in [0.3, 0.4) is 0 Å². The van der Waals surface area contributed by atoms with E-state index in [9.17, 15) is 18.0 Å². The fourth-order valence-electron chi connectivity index (χ4n) is 4.23. The van der Waals surface area contributed by atoms with Crippen molar-refractivity contribution in [2.45, 2.75) is 25.7 Å². The third-order valence-corrected chi connectivity index (χ3v) is 6.11. The van der Waals surface area contributed by atoms with E-state index in [0.29, 0.717) is 24.4 Å². The first kappa shape index (κ1) is 25.1. The molecule has 2 aromatic heterocycles. The van der Waals surface area contributed by atoms with E-state index < -0.39 is 17.6 Å². The van der Waals surface area contributed by atoms with Crippen molar-refractivity contribution < 1.29 is 27.4 Å². The summed E-state index contributed by atoms with van der Waals surface area (Å²) in [6.45, 7) is 0.609. The Morgan fingerprint density at radius 3 is 2.63 bits per heavy atom. The summed E-state index contributed by atoms with van der Waals surface area (Å²) in [5.41, 5.74) is 2.52. The number of anilines is 1. The number of fused-ring (bicyclic) bond motifs is 3. The molecule has 4 aromatic rings. The molecule has 0 radical (unpaired) electrons. The Kier molecular flexibility index (Phi) is 6.66. The van der Waals surface area contributed by atoms with E-state index in [1.165, 1.54) is 12.1 Å². The third-order valence-electron chi connectivity index (χ3n) is 6.11. The van der Waals surface area contributed by atoms with Crippen LogP contribution in [0.25, 0.3) is 11.3 Å². The first-order valence-corrected chi connectivity index (χ1v) is 11.7. The number of methoxy groups -OCH3 is 1. The first-order chi connectivity index (χ1) is 18.2. The van der Waals surface area contributed by atoms with Crippen LogP contribution in [0.4, 0.5) is 18.9 Å². The van der Waals surface area contributed by atoms with Gasteiger partial charge in [0.15, 0.2) is 5.75 Å². The van der Waals surface area contributed by atoms with Gasteiger partial charge in [-0.3, -0.25) is 4.57 Å². The van der Waals surface area contributed by atoms with Gasteiger partial charge in [0.2, 0.25) is 11.8 Å². The summed E-state index contributed by atoms with van der Waals surface area (Å²) in [4.78, 5) is 20.3. The number of hydrogen-bond acceptors (Lipinski definition) is 7. The highest BCUT2D eigenvalue weighted by Crippen LogP contribution is 2.34. The summed E-state index contributed by atoms with van der Waals surface area (Å²) in [6, 6.07) is 16.0. The Labute approximate surface area is 215 Å². The first-order valence-electron chi connectivity index (χ1n) is 11.7. The van der Waals surface area contributed by atoms with Gasteiger partial charge in [-0.15, -0.1) is 0 Å². The number of alkyl halides is 3. The van der Waals surface area contributed by atoms with Crippen molar-refractivity contribution in [1.29, 1.82) is 0 Å². The van der Waals surface area contributed by atoms with E-state index in [1.807, 2.05) is 18.2 Å². The molecule has 5 rings (SSSR count). The summed E-state index contributed by atoms with van der Waals surface area (Å²) in [7, 11) is 3.27. The minimum absolute atomic E-state index is 0.0993. The lowest BCUT2D eigenvalue weighted by Crippen LogP contribution is -2.28. The van der Waals surface area contributed by atoms with Gasteiger partial charge in [-0.2, -0.15) is 18.2 Å². The summed E-state index contributed by atoms with van der Waals surface area (Å²) in [6.07, 6.45) is -3.88. The van der Waals surface area contributed by atoms with Gasteiger partial charge in [-0.25, -0.2) is 9.78 Å². The number of benzene rings is 2. The zero-order valence-electron chi connectivity index (χ0n) is 20.5. The highest BCUT2D eigenvalue weighted by Gasteiger charge is 2.32. The van der Waals surface area contributed by atoms with E-state index >= 15 is 0 Å². The van der Waals surface area contributed by atoms with Crippen molar-refractivity contribution in [2.24, 2.45) is 0 Å². The van der Waals surface area contributed by atoms with Crippen LogP contribution in [0.15, 0.2) is 65.5 Å². The van der Waals surface area contributed by atoms with Crippen LogP contribution < -0.4 is 25.2 Å². The fraction of sp³-hybridized carbons (Fsp3) is 0.222. The Morgan fingerprint density at radius 2 is 1.87 bits per heavy atom. The lowest BCUT2D eigenvalue weighted by atomic mass is 9.97. The van der Waals surface area contributed by atoms with Crippen LogP contribution in [0.5, 0.6) is 23.3 Å². The third kappa shape index (κ3) is 5.13. The quantitative estimate of drug-likeness (QED) is 0.351. The molecule has 1 N–H and O–H groups in total. The van der Waals surface area contributed by atoms with Crippen molar-refractivity contribution >= 4 is 5.69 Å². The molecule has 0 unspecified atom stereocenters. The molecule has 0 atom stereocenters. The van der Waals surface area contributed by atoms with Gasteiger partial charge in [0, 0.05) is 31.3 Å². The van der Waals surface area contributed by atoms with Crippen LogP contribution in [0.2, 0.25) is 0 Å². The molecule has 38 heavy (non-hydrogen) atoms. The van der Waals surface area contributed by atoms with Gasteiger partial charge in [0.1, 0.15) is 18.1 Å². The van der Waals surface area contributed by atoms with Gasteiger partial charge in [0.25, 0.3) is 0 Å². The minimum Gasteiger partial charge on any atom is -0.497 e. The topological polar surface area (TPSA) is 87.5 Å². The molecule has 0 bridgehead atoms. The number of rotatable bonds is 7.